The Bertz CT molecular complexity index is 588. The normalized spacial score (nSPS) is 11.4. The number of rotatable bonds is 6. The maximum Gasteiger partial charge on any atom is 1.00 e. The molecule has 0 aliphatic heterocycles. The molecule has 0 aliphatic rings. The van der Waals surface area contributed by atoms with E-state index < -0.39 is 23.8 Å². The molecule has 0 spiro atoms. The molecule has 0 radical (unpaired) electrons. The Morgan fingerprint density at radius 2 is 1.39 bits per heavy atom. The molecule has 114 valence electrons. The van der Waals surface area contributed by atoms with Gasteiger partial charge in [0.25, 0.3) is 0 Å². The van der Waals surface area contributed by atoms with E-state index in [1.165, 1.54) is 0 Å². The van der Waals surface area contributed by atoms with Crippen molar-refractivity contribution in [3.8, 4) is 0 Å². The van der Waals surface area contributed by atoms with E-state index in [2.05, 4.69) is 0 Å². The van der Waals surface area contributed by atoms with Gasteiger partial charge < -0.3 is 9.84 Å². The number of carbonyl (C=O) groups is 2. The van der Waals surface area contributed by atoms with Crippen molar-refractivity contribution in [3.63, 3.8) is 0 Å². The standard InChI is InChI=1S/C18H18O4.K/c1-2-22-18(21)16(17(19)20)15(13-9-5-3-6-10-13)14-11-7-4-8-12-14;/h3-12,15-16H,2H2,1H3,(H,19,20);/q;+1. The molecule has 2 aromatic rings. The van der Waals surface area contributed by atoms with E-state index in [1.807, 2.05) is 60.7 Å². The van der Waals surface area contributed by atoms with Crippen LogP contribution in [0.25, 0.3) is 0 Å². The van der Waals surface area contributed by atoms with Gasteiger partial charge in [-0.05, 0) is 18.1 Å². The zero-order valence-corrected chi connectivity index (χ0v) is 16.4. The first-order valence-electron chi connectivity index (χ1n) is 7.14. The van der Waals surface area contributed by atoms with Crippen LogP contribution in [0, 0.1) is 5.92 Å². The van der Waals surface area contributed by atoms with Crippen molar-refractivity contribution in [1.29, 1.82) is 0 Å². The summed E-state index contributed by atoms with van der Waals surface area (Å²) in [7, 11) is 0. The molecule has 1 N–H and O–H groups in total. The van der Waals surface area contributed by atoms with Crippen molar-refractivity contribution in [2.45, 2.75) is 12.8 Å². The minimum Gasteiger partial charge on any atom is -0.481 e. The van der Waals surface area contributed by atoms with E-state index in [0.29, 0.717) is 0 Å². The Labute approximate surface area is 178 Å². The molecule has 2 aromatic carbocycles. The van der Waals surface area contributed by atoms with Crippen LogP contribution in [0.3, 0.4) is 0 Å². The fourth-order valence-corrected chi connectivity index (χ4v) is 2.51. The molecule has 0 bridgehead atoms. The summed E-state index contributed by atoms with van der Waals surface area (Å²) in [5.41, 5.74) is 1.54. The van der Waals surface area contributed by atoms with Gasteiger partial charge in [0.05, 0.1) is 6.61 Å². The van der Waals surface area contributed by atoms with Crippen LogP contribution >= 0.6 is 0 Å². The monoisotopic (exact) mass is 337 g/mol. The van der Waals surface area contributed by atoms with Gasteiger partial charge in [0, 0.05) is 5.92 Å². The van der Waals surface area contributed by atoms with E-state index in [9.17, 15) is 14.7 Å². The average molecular weight is 337 g/mol. The molecule has 0 amide bonds. The number of esters is 1. The van der Waals surface area contributed by atoms with Gasteiger partial charge in [-0.15, -0.1) is 0 Å². The number of ether oxygens (including phenoxy) is 1. The molecule has 0 aromatic heterocycles. The second-order valence-electron chi connectivity index (χ2n) is 4.87. The number of aliphatic carboxylic acids is 1. The Morgan fingerprint density at radius 3 is 1.74 bits per heavy atom. The Morgan fingerprint density at radius 1 is 0.957 bits per heavy atom. The van der Waals surface area contributed by atoms with Crippen molar-refractivity contribution in [3.05, 3.63) is 71.8 Å². The molecule has 0 saturated heterocycles. The Kier molecular flexibility index (Phi) is 8.72. The summed E-state index contributed by atoms with van der Waals surface area (Å²) < 4.78 is 4.97. The van der Waals surface area contributed by atoms with Crippen LogP contribution in [-0.4, -0.2) is 23.7 Å². The quantitative estimate of drug-likeness (QED) is 0.461. The summed E-state index contributed by atoms with van der Waals surface area (Å²) in [6.07, 6.45) is 0. The molecule has 0 heterocycles. The minimum atomic E-state index is -1.27. The number of hydrogen-bond acceptors (Lipinski definition) is 3. The van der Waals surface area contributed by atoms with Gasteiger partial charge in [0.2, 0.25) is 0 Å². The fourth-order valence-electron chi connectivity index (χ4n) is 2.51. The fraction of sp³-hybridized carbons (Fsp3) is 0.222. The summed E-state index contributed by atoms with van der Waals surface area (Å²) in [5.74, 6) is -3.76. The topological polar surface area (TPSA) is 63.6 Å². The van der Waals surface area contributed by atoms with Crippen molar-refractivity contribution in [1.82, 2.24) is 0 Å². The van der Waals surface area contributed by atoms with Gasteiger partial charge in [0.15, 0.2) is 5.92 Å². The SMILES string of the molecule is CCOC(=O)C(C(=O)O)C(c1ccccc1)c1ccccc1.[K+]. The third-order valence-corrected chi connectivity index (χ3v) is 3.46. The molecule has 0 aliphatic carbocycles. The Hall–Kier alpha value is -0.984. The van der Waals surface area contributed by atoms with E-state index in [1.54, 1.807) is 6.92 Å². The second-order valence-corrected chi connectivity index (χ2v) is 4.87. The van der Waals surface area contributed by atoms with Crippen LogP contribution < -0.4 is 51.4 Å². The largest absolute Gasteiger partial charge is 1.00 e. The summed E-state index contributed by atoms with van der Waals surface area (Å²) in [6.45, 7) is 1.82. The van der Waals surface area contributed by atoms with Gasteiger partial charge in [-0.25, -0.2) is 0 Å². The van der Waals surface area contributed by atoms with E-state index in [0.717, 1.165) is 11.1 Å². The van der Waals surface area contributed by atoms with Crippen LogP contribution in [0.4, 0.5) is 0 Å². The molecule has 0 fully saturated rings. The van der Waals surface area contributed by atoms with Crippen molar-refractivity contribution < 1.29 is 70.8 Å². The minimum absolute atomic E-state index is 0. The van der Waals surface area contributed by atoms with Gasteiger partial charge in [0.1, 0.15) is 0 Å². The third kappa shape index (κ3) is 5.26. The van der Waals surface area contributed by atoms with Crippen LogP contribution in [0.5, 0.6) is 0 Å². The van der Waals surface area contributed by atoms with Crippen molar-refractivity contribution >= 4 is 11.9 Å². The molecular weight excluding hydrogens is 319 g/mol. The number of hydrogen-bond donors (Lipinski definition) is 1. The molecule has 5 heteroatoms. The van der Waals surface area contributed by atoms with E-state index >= 15 is 0 Å². The molecule has 1 atom stereocenters. The zero-order chi connectivity index (χ0) is 15.9. The first-order chi connectivity index (χ1) is 10.6. The maximum atomic E-state index is 12.2. The van der Waals surface area contributed by atoms with Crippen LogP contribution in [0.2, 0.25) is 0 Å². The molecule has 4 nitrogen and oxygen atoms in total. The zero-order valence-electron chi connectivity index (χ0n) is 13.3. The van der Waals surface area contributed by atoms with Crippen LogP contribution in [-0.2, 0) is 14.3 Å². The van der Waals surface area contributed by atoms with Crippen LogP contribution in [0.15, 0.2) is 60.7 Å². The number of carbonyl (C=O) groups excluding carboxylic acids is 1. The van der Waals surface area contributed by atoms with E-state index in [4.69, 9.17) is 4.74 Å². The predicted octanol–water partition coefficient (Wildman–Crippen LogP) is 0.0864. The number of carboxylic acids is 1. The number of benzene rings is 2. The van der Waals surface area contributed by atoms with Gasteiger partial charge in [-0.1, -0.05) is 60.7 Å². The second kappa shape index (κ2) is 10.0. The average Bonchev–Trinajstić information content (AvgIpc) is 2.54. The van der Waals surface area contributed by atoms with Gasteiger partial charge >= 0.3 is 63.3 Å². The summed E-state index contributed by atoms with van der Waals surface area (Å²) in [6, 6.07) is 18.3. The van der Waals surface area contributed by atoms with Gasteiger partial charge in [-0.2, -0.15) is 0 Å². The molecule has 0 saturated carbocycles. The molecular formula is C18H18KO4+. The molecule has 1 unspecified atom stereocenters. The summed E-state index contributed by atoms with van der Waals surface area (Å²) in [4.78, 5) is 23.9. The summed E-state index contributed by atoms with van der Waals surface area (Å²) in [5, 5.41) is 9.56. The Balaban J connectivity index is 0.00000264. The first-order valence-corrected chi connectivity index (χ1v) is 7.14. The van der Waals surface area contributed by atoms with Crippen molar-refractivity contribution in [2.75, 3.05) is 6.61 Å². The number of carboxylic acid groups (broad SMARTS) is 1. The van der Waals surface area contributed by atoms with Crippen molar-refractivity contribution in [2.24, 2.45) is 5.92 Å². The van der Waals surface area contributed by atoms with Crippen LogP contribution in [0.1, 0.15) is 24.0 Å². The maximum absolute atomic E-state index is 12.2. The van der Waals surface area contributed by atoms with Gasteiger partial charge in [-0.3, -0.25) is 9.59 Å². The third-order valence-electron chi connectivity index (χ3n) is 3.46. The predicted molar refractivity (Wildman–Crippen MR) is 82.5 cm³/mol. The first kappa shape index (κ1) is 20.1. The molecule has 23 heavy (non-hydrogen) atoms. The van der Waals surface area contributed by atoms with E-state index in [-0.39, 0.29) is 58.0 Å². The molecule has 2 rings (SSSR count). The summed E-state index contributed by atoms with van der Waals surface area (Å²) >= 11 is 0. The smallest absolute Gasteiger partial charge is 0.481 e.